The van der Waals surface area contributed by atoms with Gasteiger partial charge in [-0.15, -0.1) is 0 Å². The Kier molecular flexibility index (Phi) is 6.29. The van der Waals surface area contributed by atoms with Crippen molar-refractivity contribution in [1.29, 1.82) is 5.26 Å². The van der Waals surface area contributed by atoms with Crippen LogP contribution in [0.3, 0.4) is 0 Å². The molecule has 2 rings (SSSR count). The zero-order valence-corrected chi connectivity index (χ0v) is 14.0. The van der Waals surface area contributed by atoms with E-state index in [2.05, 4.69) is 5.32 Å². The number of carbonyl (C=O) groups excluding carboxylic acids is 2. The van der Waals surface area contributed by atoms with Gasteiger partial charge in [-0.1, -0.05) is 0 Å². The fraction of sp³-hybridized carbons (Fsp3) is 0.471. The van der Waals surface area contributed by atoms with Crippen molar-refractivity contribution in [3.63, 3.8) is 0 Å². The lowest BCUT2D eigenvalue weighted by molar-refractivity contribution is -0.886. The molecule has 2 amide bonds. The predicted molar refractivity (Wildman–Crippen MR) is 88.4 cm³/mol. The molecule has 0 radical (unpaired) electrons. The molecule has 1 aliphatic heterocycles. The molecule has 0 aliphatic carbocycles. The summed E-state index contributed by atoms with van der Waals surface area (Å²) in [4.78, 5) is 27.2. The molecule has 2 N–H and O–H groups in total. The first kappa shape index (κ1) is 17.9. The summed E-state index contributed by atoms with van der Waals surface area (Å²) in [6, 6.07) is 8.35. The van der Waals surface area contributed by atoms with Gasteiger partial charge in [0.2, 0.25) is 0 Å². The van der Waals surface area contributed by atoms with E-state index in [1.54, 1.807) is 36.1 Å². The topological polar surface area (TPSA) is 86.9 Å². The van der Waals surface area contributed by atoms with E-state index in [0.717, 1.165) is 4.90 Å². The first-order valence-corrected chi connectivity index (χ1v) is 8.00. The van der Waals surface area contributed by atoms with Gasteiger partial charge < -0.3 is 19.9 Å². The molecule has 1 aromatic carbocycles. The summed E-state index contributed by atoms with van der Waals surface area (Å²) in [5.74, 6) is -0.124. The van der Waals surface area contributed by atoms with Crippen molar-refractivity contribution in [3.8, 4) is 6.07 Å². The van der Waals surface area contributed by atoms with E-state index in [0.29, 0.717) is 37.6 Å². The van der Waals surface area contributed by atoms with Crippen LogP contribution in [-0.2, 0) is 14.3 Å². The van der Waals surface area contributed by atoms with Crippen LogP contribution in [0.4, 0.5) is 5.69 Å². The van der Waals surface area contributed by atoms with Gasteiger partial charge in [-0.25, -0.2) is 0 Å². The SMILES string of the molecule is C[C@@H](C(=O)Nc1ccc(C#N)cc1)[NH+](C)CC(=O)N1CCOCC1. The lowest BCUT2D eigenvalue weighted by atomic mass is 10.2. The summed E-state index contributed by atoms with van der Waals surface area (Å²) in [5.41, 5.74) is 1.18. The van der Waals surface area contributed by atoms with Gasteiger partial charge in [0, 0.05) is 18.8 Å². The molecule has 0 bridgehead atoms. The number of hydrogen-bond donors (Lipinski definition) is 2. The summed E-state index contributed by atoms with van der Waals surface area (Å²) < 4.78 is 5.24. The zero-order valence-electron chi connectivity index (χ0n) is 14.0. The number of ether oxygens (including phenoxy) is 1. The largest absolute Gasteiger partial charge is 0.378 e. The smallest absolute Gasteiger partial charge is 0.282 e. The molecule has 1 fully saturated rings. The van der Waals surface area contributed by atoms with E-state index in [1.807, 2.05) is 13.1 Å². The van der Waals surface area contributed by atoms with Crippen LogP contribution in [0.2, 0.25) is 0 Å². The van der Waals surface area contributed by atoms with Crippen molar-refractivity contribution >= 4 is 17.5 Å². The lowest BCUT2D eigenvalue weighted by Gasteiger charge is -2.28. The Bertz CT molecular complexity index is 618. The van der Waals surface area contributed by atoms with Crippen LogP contribution >= 0.6 is 0 Å². The highest BCUT2D eigenvalue weighted by Crippen LogP contribution is 2.08. The molecule has 0 spiro atoms. The van der Waals surface area contributed by atoms with Gasteiger partial charge >= 0.3 is 0 Å². The quantitative estimate of drug-likeness (QED) is 0.744. The molecular formula is C17H23N4O3+. The molecule has 1 aliphatic rings. The normalized spacial score (nSPS) is 16.8. The van der Waals surface area contributed by atoms with Crippen molar-refractivity contribution in [2.24, 2.45) is 0 Å². The minimum absolute atomic E-state index is 0.0359. The van der Waals surface area contributed by atoms with Crippen LogP contribution in [0.5, 0.6) is 0 Å². The van der Waals surface area contributed by atoms with Crippen LogP contribution < -0.4 is 10.2 Å². The monoisotopic (exact) mass is 331 g/mol. The maximum absolute atomic E-state index is 12.3. The van der Waals surface area contributed by atoms with E-state index < -0.39 is 0 Å². The van der Waals surface area contributed by atoms with Gasteiger partial charge in [0.25, 0.3) is 11.8 Å². The van der Waals surface area contributed by atoms with Gasteiger partial charge in [-0.2, -0.15) is 5.26 Å². The molecule has 0 aromatic heterocycles. The Morgan fingerprint density at radius 2 is 1.96 bits per heavy atom. The van der Waals surface area contributed by atoms with Crippen molar-refractivity contribution in [1.82, 2.24) is 4.90 Å². The van der Waals surface area contributed by atoms with E-state index in [1.165, 1.54) is 0 Å². The number of rotatable bonds is 5. The predicted octanol–water partition coefficient (Wildman–Crippen LogP) is -0.741. The molecule has 2 atom stereocenters. The fourth-order valence-electron chi connectivity index (χ4n) is 2.42. The van der Waals surface area contributed by atoms with Crippen molar-refractivity contribution in [2.75, 3.05) is 45.2 Å². The molecule has 1 saturated heterocycles. The minimum atomic E-state index is -0.370. The molecule has 128 valence electrons. The number of benzene rings is 1. The first-order valence-electron chi connectivity index (χ1n) is 8.00. The Morgan fingerprint density at radius 3 is 2.54 bits per heavy atom. The number of amides is 2. The average molecular weight is 331 g/mol. The molecule has 1 unspecified atom stereocenters. The first-order chi connectivity index (χ1) is 11.5. The van der Waals surface area contributed by atoms with E-state index in [9.17, 15) is 9.59 Å². The number of nitriles is 1. The maximum atomic E-state index is 12.3. The minimum Gasteiger partial charge on any atom is -0.378 e. The number of carbonyl (C=O) groups is 2. The van der Waals surface area contributed by atoms with Crippen LogP contribution in [0.15, 0.2) is 24.3 Å². The third kappa shape index (κ3) is 4.78. The third-order valence-corrected chi connectivity index (χ3v) is 4.21. The molecule has 1 heterocycles. The number of quaternary nitrogens is 1. The molecule has 7 nitrogen and oxygen atoms in total. The Balaban J connectivity index is 1.86. The number of likely N-dealkylation sites (N-methyl/N-ethyl adjacent to an activating group) is 1. The zero-order chi connectivity index (χ0) is 17.5. The number of nitrogens with one attached hydrogen (secondary N) is 2. The van der Waals surface area contributed by atoms with E-state index in [-0.39, 0.29) is 24.4 Å². The van der Waals surface area contributed by atoms with E-state index in [4.69, 9.17) is 10.00 Å². The highest BCUT2D eigenvalue weighted by Gasteiger charge is 2.26. The molecule has 1 aromatic rings. The van der Waals surface area contributed by atoms with Gasteiger partial charge in [-0.3, -0.25) is 9.59 Å². The summed E-state index contributed by atoms with van der Waals surface area (Å²) in [5, 5.41) is 11.6. The van der Waals surface area contributed by atoms with Gasteiger partial charge in [0.05, 0.1) is 31.9 Å². The maximum Gasteiger partial charge on any atom is 0.282 e. The highest BCUT2D eigenvalue weighted by atomic mass is 16.5. The summed E-state index contributed by atoms with van der Waals surface area (Å²) in [7, 11) is 1.83. The Morgan fingerprint density at radius 1 is 1.33 bits per heavy atom. The Hall–Kier alpha value is -2.43. The number of anilines is 1. The second-order valence-electron chi connectivity index (χ2n) is 5.92. The van der Waals surface area contributed by atoms with Crippen molar-refractivity contribution < 1.29 is 19.2 Å². The highest BCUT2D eigenvalue weighted by molar-refractivity contribution is 5.93. The lowest BCUT2D eigenvalue weighted by Crippen LogP contribution is -3.15. The van der Waals surface area contributed by atoms with Crippen molar-refractivity contribution in [3.05, 3.63) is 29.8 Å². The van der Waals surface area contributed by atoms with Gasteiger partial charge in [0.15, 0.2) is 12.6 Å². The molecule has 0 saturated carbocycles. The van der Waals surface area contributed by atoms with Crippen LogP contribution in [0.1, 0.15) is 12.5 Å². The van der Waals surface area contributed by atoms with Crippen LogP contribution in [-0.4, -0.2) is 62.7 Å². The second kappa shape index (κ2) is 8.43. The number of nitrogens with zero attached hydrogens (tertiary/aromatic N) is 2. The summed E-state index contributed by atoms with van der Waals surface area (Å²) >= 11 is 0. The van der Waals surface area contributed by atoms with Crippen LogP contribution in [0, 0.1) is 11.3 Å². The molecular weight excluding hydrogens is 308 g/mol. The summed E-state index contributed by atoms with van der Waals surface area (Å²) in [6.45, 7) is 4.41. The summed E-state index contributed by atoms with van der Waals surface area (Å²) in [6.07, 6.45) is 0. The van der Waals surface area contributed by atoms with E-state index >= 15 is 0 Å². The Labute approximate surface area is 141 Å². The average Bonchev–Trinajstić information content (AvgIpc) is 2.62. The molecule has 7 heteroatoms. The van der Waals surface area contributed by atoms with Gasteiger partial charge in [-0.05, 0) is 31.2 Å². The third-order valence-electron chi connectivity index (χ3n) is 4.21. The fourth-order valence-corrected chi connectivity index (χ4v) is 2.42. The van der Waals surface area contributed by atoms with Crippen LogP contribution in [0.25, 0.3) is 0 Å². The molecule has 24 heavy (non-hydrogen) atoms. The van der Waals surface area contributed by atoms with Gasteiger partial charge in [0.1, 0.15) is 0 Å². The second-order valence-corrected chi connectivity index (χ2v) is 5.92. The number of hydrogen-bond acceptors (Lipinski definition) is 4. The van der Waals surface area contributed by atoms with Crippen molar-refractivity contribution in [2.45, 2.75) is 13.0 Å². The number of morpholine rings is 1. The standard InChI is InChI=1S/C17H22N4O3/c1-13(17(23)19-15-5-3-14(11-18)4-6-15)20(2)12-16(22)21-7-9-24-10-8-21/h3-6,13H,7-10,12H2,1-2H3,(H,19,23)/p+1/t13-/m0/s1.